The summed E-state index contributed by atoms with van der Waals surface area (Å²) in [6.07, 6.45) is 8.88. The standard InChI is InChI=1S/C56H39N7O2/c64-55(62(47-13-3-1-4-14-47)49-28-22-41(23-29-49)52-18-8-11-33-58-52)44-37-43(54-60-35-36-61(54)46-26-20-40(21-27-46)51-17-7-10-32-57-51)38-45(39-44)56(65)63(48-15-5-2-6-16-48)50-30-24-42(25-31-50)53-19-9-12-34-59-53/h1-39H. The number of pyridine rings is 3. The van der Waals surface area contributed by atoms with E-state index < -0.39 is 0 Å². The molecule has 0 fully saturated rings. The van der Waals surface area contributed by atoms with Crippen molar-refractivity contribution in [2.24, 2.45) is 0 Å². The zero-order chi connectivity index (χ0) is 44.0. The Balaban J connectivity index is 1.10. The summed E-state index contributed by atoms with van der Waals surface area (Å²) in [5.74, 6) is -0.112. The predicted octanol–water partition coefficient (Wildman–Crippen LogP) is 12.7. The van der Waals surface area contributed by atoms with Crippen molar-refractivity contribution < 1.29 is 9.59 Å². The molecule has 0 radical (unpaired) electrons. The normalized spacial score (nSPS) is 10.9. The first-order valence-corrected chi connectivity index (χ1v) is 21.1. The molecule has 9 heteroatoms. The van der Waals surface area contributed by atoms with Gasteiger partial charge in [0.1, 0.15) is 5.82 Å². The highest BCUT2D eigenvalue weighted by molar-refractivity contribution is 6.15. The van der Waals surface area contributed by atoms with Crippen molar-refractivity contribution in [2.45, 2.75) is 0 Å². The first-order valence-electron chi connectivity index (χ1n) is 21.1. The zero-order valence-electron chi connectivity index (χ0n) is 35.0. The van der Waals surface area contributed by atoms with Crippen LogP contribution in [0.15, 0.2) is 237 Å². The number of anilines is 4. The second-order valence-electron chi connectivity index (χ2n) is 15.2. The lowest BCUT2D eigenvalue weighted by molar-refractivity contribution is 0.0998. The molecule has 0 N–H and O–H groups in total. The Morgan fingerprint density at radius 2 is 0.738 bits per heavy atom. The summed E-state index contributed by atoms with van der Waals surface area (Å²) in [4.78, 5) is 52.4. The van der Waals surface area contributed by atoms with Crippen molar-refractivity contribution in [3.05, 3.63) is 248 Å². The van der Waals surface area contributed by atoms with Crippen LogP contribution in [0.2, 0.25) is 0 Å². The molecule has 9 nitrogen and oxygen atoms in total. The summed E-state index contributed by atoms with van der Waals surface area (Å²) in [5.41, 5.74) is 9.94. The van der Waals surface area contributed by atoms with Crippen LogP contribution < -0.4 is 9.80 Å². The number of hydrogen-bond donors (Lipinski definition) is 0. The highest BCUT2D eigenvalue weighted by Gasteiger charge is 2.27. The summed E-state index contributed by atoms with van der Waals surface area (Å²) >= 11 is 0. The first kappa shape index (κ1) is 40.0. The number of para-hydroxylation sites is 2. The quantitative estimate of drug-likeness (QED) is 0.129. The van der Waals surface area contributed by atoms with E-state index in [1.54, 1.807) is 40.7 Å². The summed E-state index contributed by atoms with van der Waals surface area (Å²) in [5, 5.41) is 0. The third-order valence-corrected chi connectivity index (χ3v) is 11.0. The maximum atomic E-state index is 15.4. The molecule has 0 aliphatic heterocycles. The topological polar surface area (TPSA) is 97.1 Å². The summed E-state index contributed by atoms with van der Waals surface area (Å²) in [7, 11) is 0. The highest BCUT2D eigenvalue weighted by atomic mass is 16.2. The molecular weight excluding hydrogens is 803 g/mol. The molecule has 4 aromatic heterocycles. The molecule has 0 unspecified atom stereocenters. The van der Waals surface area contributed by atoms with E-state index in [1.807, 2.05) is 211 Å². The predicted molar refractivity (Wildman–Crippen MR) is 257 cm³/mol. The Labute approximate surface area is 376 Å². The second kappa shape index (κ2) is 18.1. The fourth-order valence-corrected chi connectivity index (χ4v) is 7.86. The van der Waals surface area contributed by atoms with Gasteiger partial charge in [-0.05, 0) is 115 Å². The Kier molecular flexibility index (Phi) is 11.1. The van der Waals surface area contributed by atoms with E-state index in [9.17, 15) is 0 Å². The van der Waals surface area contributed by atoms with Gasteiger partial charge >= 0.3 is 0 Å². The lowest BCUT2D eigenvalue weighted by Crippen LogP contribution is -2.28. The molecule has 0 saturated heterocycles. The number of amides is 2. The van der Waals surface area contributed by atoms with Crippen LogP contribution in [-0.4, -0.2) is 36.3 Å². The van der Waals surface area contributed by atoms with Gasteiger partial charge in [0, 0.05) is 92.8 Å². The molecule has 65 heavy (non-hydrogen) atoms. The molecule has 0 saturated carbocycles. The summed E-state index contributed by atoms with van der Waals surface area (Å²) in [6.45, 7) is 0. The van der Waals surface area contributed by atoms with Crippen molar-refractivity contribution in [2.75, 3.05) is 9.80 Å². The maximum absolute atomic E-state index is 15.4. The number of nitrogens with zero attached hydrogens (tertiary/aromatic N) is 7. The van der Waals surface area contributed by atoms with Gasteiger partial charge < -0.3 is 0 Å². The molecule has 10 rings (SSSR count). The SMILES string of the molecule is O=C(c1cc(C(=O)N(c2ccccc2)c2ccc(-c3ccccn3)cc2)cc(-c2nccn2-c2ccc(-c3ccccn3)cc2)c1)N(c1ccccc1)c1ccc(-c2ccccn2)cc1. The van der Waals surface area contributed by atoms with E-state index in [-0.39, 0.29) is 11.8 Å². The minimum absolute atomic E-state index is 0.294. The van der Waals surface area contributed by atoms with Gasteiger partial charge in [0.25, 0.3) is 11.8 Å². The molecule has 0 bridgehead atoms. The number of hydrogen-bond acceptors (Lipinski definition) is 6. The summed E-state index contributed by atoms with van der Waals surface area (Å²) < 4.78 is 1.96. The summed E-state index contributed by atoms with van der Waals surface area (Å²) in [6, 6.07) is 65.2. The Morgan fingerprint density at radius 3 is 1.14 bits per heavy atom. The van der Waals surface area contributed by atoms with Crippen molar-refractivity contribution in [3.8, 4) is 50.8 Å². The third-order valence-electron chi connectivity index (χ3n) is 11.0. The number of imidazole rings is 1. The van der Waals surface area contributed by atoms with Gasteiger partial charge in [-0.25, -0.2) is 4.98 Å². The van der Waals surface area contributed by atoms with Crippen LogP contribution in [0.3, 0.4) is 0 Å². The molecular formula is C56H39N7O2. The van der Waals surface area contributed by atoms with Crippen molar-refractivity contribution in [1.82, 2.24) is 24.5 Å². The van der Waals surface area contributed by atoms with Crippen LogP contribution in [0.1, 0.15) is 20.7 Å². The third kappa shape index (κ3) is 8.45. The molecule has 0 aliphatic carbocycles. The van der Waals surface area contributed by atoms with Crippen LogP contribution in [0, 0.1) is 0 Å². The second-order valence-corrected chi connectivity index (χ2v) is 15.2. The van der Waals surface area contributed by atoms with E-state index in [1.165, 1.54) is 0 Å². The lowest BCUT2D eigenvalue weighted by atomic mass is 10.0. The largest absolute Gasteiger partial charge is 0.300 e. The monoisotopic (exact) mass is 841 g/mol. The maximum Gasteiger partial charge on any atom is 0.262 e. The average Bonchev–Trinajstić information content (AvgIpc) is 3.89. The van der Waals surface area contributed by atoms with Gasteiger partial charge in [0.15, 0.2) is 0 Å². The zero-order valence-corrected chi connectivity index (χ0v) is 35.0. The molecule has 10 aromatic rings. The molecule has 4 heterocycles. The molecule has 0 spiro atoms. The fourth-order valence-electron chi connectivity index (χ4n) is 7.86. The van der Waals surface area contributed by atoms with Crippen LogP contribution in [0.5, 0.6) is 0 Å². The van der Waals surface area contributed by atoms with E-state index >= 15 is 9.59 Å². The first-order chi connectivity index (χ1) is 32.1. The minimum Gasteiger partial charge on any atom is -0.300 e. The van der Waals surface area contributed by atoms with E-state index in [0.717, 1.165) is 39.5 Å². The number of rotatable bonds is 11. The highest BCUT2D eigenvalue weighted by Crippen LogP contribution is 2.35. The van der Waals surface area contributed by atoms with E-state index in [2.05, 4.69) is 15.0 Å². The Morgan fingerprint density at radius 1 is 0.354 bits per heavy atom. The molecule has 310 valence electrons. The number of aromatic nitrogens is 5. The van der Waals surface area contributed by atoms with Crippen LogP contribution in [0.4, 0.5) is 22.7 Å². The van der Waals surface area contributed by atoms with Gasteiger partial charge in [-0.1, -0.05) is 91.0 Å². The molecule has 0 atom stereocenters. The van der Waals surface area contributed by atoms with Crippen molar-refractivity contribution >= 4 is 34.6 Å². The van der Waals surface area contributed by atoms with Gasteiger partial charge in [-0.2, -0.15) is 0 Å². The van der Waals surface area contributed by atoms with Crippen molar-refractivity contribution in [3.63, 3.8) is 0 Å². The van der Waals surface area contributed by atoms with E-state index in [0.29, 0.717) is 45.3 Å². The van der Waals surface area contributed by atoms with Crippen molar-refractivity contribution in [1.29, 1.82) is 0 Å². The van der Waals surface area contributed by atoms with Gasteiger partial charge in [0.2, 0.25) is 0 Å². The fraction of sp³-hybridized carbons (Fsp3) is 0. The minimum atomic E-state index is -0.332. The number of benzene rings is 6. The van der Waals surface area contributed by atoms with Gasteiger partial charge in [-0.15, -0.1) is 0 Å². The molecule has 6 aromatic carbocycles. The van der Waals surface area contributed by atoms with Gasteiger partial charge in [-0.3, -0.25) is 38.9 Å². The molecule has 2 amide bonds. The average molecular weight is 842 g/mol. The Bertz CT molecular complexity index is 3040. The Hall–Kier alpha value is -9.08. The molecule has 0 aliphatic rings. The van der Waals surface area contributed by atoms with Gasteiger partial charge in [0.05, 0.1) is 17.1 Å². The van der Waals surface area contributed by atoms with Crippen LogP contribution >= 0.6 is 0 Å². The smallest absolute Gasteiger partial charge is 0.262 e. The number of carbonyl (C=O) groups excluding carboxylic acids is 2. The lowest BCUT2D eigenvalue weighted by Gasteiger charge is -2.26. The van der Waals surface area contributed by atoms with Crippen LogP contribution in [0.25, 0.3) is 50.8 Å². The van der Waals surface area contributed by atoms with Crippen LogP contribution in [-0.2, 0) is 0 Å². The number of carbonyl (C=O) groups is 2. The van der Waals surface area contributed by atoms with E-state index in [4.69, 9.17) is 4.98 Å².